The van der Waals surface area contributed by atoms with Crippen LogP contribution in [0.25, 0.3) is 10.1 Å². The Kier molecular flexibility index (Phi) is 3.17. The van der Waals surface area contributed by atoms with Crippen LogP contribution in [0, 0.1) is 5.92 Å². The number of hydrogen-bond acceptors (Lipinski definition) is 2. The van der Waals surface area contributed by atoms with E-state index in [0.29, 0.717) is 0 Å². The number of nitrogens with one attached hydrogen (secondary N) is 1. The zero-order valence-electron chi connectivity index (χ0n) is 10.3. The second-order valence-corrected chi connectivity index (χ2v) is 5.87. The summed E-state index contributed by atoms with van der Waals surface area (Å²) in [5, 5.41) is 7.17. The van der Waals surface area contributed by atoms with Gasteiger partial charge in [-0.15, -0.1) is 11.3 Å². The molecule has 0 aliphatic carbocycles. The fourth-order valence-corrected chi connectivity index (χ4v) is 4.05. The summed E-state index contributed by atoms with van der Waals surface area (Å²) in [7, 11) is 0. The Morgan fingerprint density at radius 3 is 3.18 bits per heavy atom. The lowest BCUT2D eigenvalue weighted by Gasteiger charge is -2.32. The van der Waals surface area contributed by atoms with Crippen LogP contribution in [0.3, 0.4) is 0 Å². The summed E-state index contributed by atoms with van der Waals surface area (Å²) in [4.78, 5) is 0. The topological polar surface area (TPSA) is 12.0 Å². The number of hydrogen-bond donors (Lipinski definition) is 1. The monoisotopic (exact) mass is 245 g/mol. The minimum absolute atomic E-state index is 0.753. The summed E-state index contributed by atoms with van der Waals surface area (Å²) in [6.45, 7) is 4.67. The van der Waals surface area contributed by atoms with Crippen LogP contribution in [0.4, 0.5) is 0 Å². The van der Waals surface area contributed by atoms with E-state index in [0.717, 1.165) is 11.8 Å². The van der Waals surface area contributed by atoms with Gasteiger partial charge >= 0.3 is 0 Å². The maximum atomic E-state index is 3.53. The zero-order chi connectivity index (χ0) is 11.7. The Morgan fingerprint density at radius 1 is 1.35 bits per heavy atom. The van der Waals surface area contributed by atoms with E-state index in [1.165, 1.54) is 36.0 Å². The molecule has 1 aromatic carbocycles. The molecule has 1 saturated heterocycles. The summed E-state index contributed by atoms with van der Waals surface area (Å²) in [5.41, 5.74) is 1.59. The largest absolute Gasteiger partial charge is 0.316 e. The second-order valence-electron chi connectivity index (χ2n) is 4.95. The summed E-state index contributed by atoms with van der Waals surface area (Å²) >= 11 is 1.90. The molecule has 1 nitrogen and oxygen atoms in total. The Balaban J connectivity index is 2.04. The predicted molar refractivity (Wildman–Crippen MR) is 75.8 cm³/mol. The van der Waals surface area contributed by atoms with Crippen molar-refractivity contribution in [2.24, 2.45) is 5.92 Å². The number of benzene rings is 1. The number of fused-ring (bicyclic) bond motifs is 1. The first-order valence-electron chi connectivity index (χ1n) is 6.57. The summed E-state index contributed by atoms with van der Waals surface area (Å²) in [5.74, 6) is 1.56. The average molecular weight is 245 g/mol. The van der Waals surface area contributed by atoms with Gasteiger partial charge in [0, 0.05) is 4.70 Å². The van der Waals surface area contributed by atoms with Crippen LogP contribution >= 0.6 is 11.3 Å². The van der Waals surface area contributed by atoms with Gasteiger partial charge in [0.1, 0.15) is 0 Å². The van der Waals surface area contributed by atoms with Gasteiger partial charge in [0.05, 0.1) is 0 Å². The molecular weight excluding hydrogens is 226 g/mol. The van der Waals surface area contributed by atoms with Gasteiger partial charge in [0.15, 0.2) is 0 Å². The predicted octanol–water partition coefficient (Wildman–Crippen LogP) is 4.00. The van der Waals surface area contributed by atoms with Crippen molar-refractivity contribution in [3.63, 3.8) is 0 Å². The molecule has 0 bridgehead atoms. The molecule has 17 heavy (non-hydrogen) atoms. The first-order chi connectivity index (χ1) is 8.40. The third kappa shape index (κ3) is 2.00. The lowest BCUT2D eigenvalue weighted by molar-refractivity contribution is 0.319. The lowest BCUT2D eigenvalue weighted by Crippen LogP contribution is -2.35. The van der Waals surface area contributed by atoms with Gasteiger partial charge in [0.2, 0.25) is 0 Å². The van der Waals surface area contributed by atoms with E-state index < -0.39 is 0 Å². The third-order valence-corrected chi connectivity index (χ3v) is 5.02. The molecule has 2 heterocycles. The SMILES string of the molecule is CC[C@H]1CNCC[C@H]1c1cccc2ccsc12. The van der Waals surface area contributed by atoms with Crippen molar-refractivity contribution < 1.29 is 0 Å². The van der Waals surface area contributed by atoms with E-state index in [9.17, 15) is 0 Å². The Labute approximate surface area is 107 Å². The van der Waals surface area contributed by atoms with Crippen molar-refractivity contribution in [2.45, 2.75) is 25.7 Å². The molecule has 1 fully saturated rings. The standard InChI is InChI=1S/C15H19NS/c1-2-11-10-16-8-6-13(11)14-5-3-4-12-7-9-17-15(12)14/h3-5,7,9,11,13,16H,2,6,8,10H2,1H3/t11-,13+/m0/s1. The first kappa shape index (κ1) is 11.2. The van der Waals surface area contributed by atoms with Crippen molar-refractivity contribution in [1.29, 1.82) is 0 Å². The van der Waals surface area contributed by atoms with Gasteiger partial charge in [-0.3, -0.25) is 0 Å². The molecule has 2 atom stereocenters. The first-order valence-corrected chi connectivity index (χ1v) is 7.45. The van der Waals surface area contributed by atoms with Gasteiger partial charge in [-0.05, 0) is 53.7 Å². The third-order valence-electron chi connectivity index (χ3n) is 4.04. The molecule has 0 amide bonds. The molecule has 90 valence electrons. The molecular formula is C15H19NS. The molecule has 0 spiro atoms. The minimum atomic E-state index is 0.753. The number of piperidine rings is 1. The molecule has 1 aromatic heterocycles. The smallest absolute Gasteiger partial charge is 0.0377 e. The number of thiophene rings is 1. The molecule has 1 N–H and O–H groups in total. The van der Waals surface area contributed by atoms with Crippen molar-refractivity contribution >= 4 is 21.4 Å². The maximum Gasteiger partial charge on any atom is 0.0377 e. The second kappa shape index (κ2) is 4.79. The van der Waals surface area contributed by atoms with E-state index >= 15 is 0 Å². The summed E-state index contributed by atoms with van der Waals surface area (Å²) in [6, 6.07) is 9.04. The van der Waals surface area contributed by atoms with E-state index in [1.54, 1.807) is 5.56 Å². The van der Waals surface area contributed by atoms with Crippen molar-refractivity contribution in [3.05, 3.63) is 35.2 Å². The van der Waals surface area contributed by atoms with Crippen LogP contribution in [-0.4, -0.2) is 13.1 Å². The molecule has 1 aliphatic rings. The van der Waals surface area contributed by atoms with Crippen molar-refractivity contribution in [3.8, 4) is 0 Å². The van der Waals surface area contributed by atoms with Crippen molar-refractivity contribution in [2.75, 3.05) is 13.1 Å². The number of rotatable bonds is 2. The summed E-state index contributed by atoms with van der Waals surface area (Å²) in [6.07, 6.45) is 2.56. The molecule has 0 unspecified atom stereocenters. The average Bonchev–Trinajstić information content (AvgIpc) is 2.86. The van der Waals surface area contributed by atoms with Gasteiger partial charge in [-0.1, -0.05) is 31.5 Å². The molecule has 2 heteroatoms. The van der Waals surface area contributed by atoms with E-state index in [1.807, 2.05) is 11.3 Å². The highest BCUT2D eigenvalue weighted by Crippen LogP contribution is 2.38. The van der Waals surface area contributed by atoms with Crippen LogP contribution < -0.4 is 5.32 Å². The highest BCUT2D eigenvalue weighted by atomic mass is 32.1. The van der Waals surface area contributed by atoms with Gasteiger partial charge in [-0.25, -0.2) is 0 Å². The van der Waals surface area contributed by atoms with Gasteiger partial charge < -0.3 is 5.32 Å². The van der Waals surface area contributed by atoms with Gasteiger partial charge in [-0.2, -0.15) is 0 Å². The quantitative estimate of drug-likeness (QED) is 0.843. The van der Waals surface area contributed by atoms with E-state index in [4.69, 9.17) is 0 Å². The molecule has 1 aliphatic heterocycles. The van der Waals surface area contributed by atoms with Gasteiger partial charge in [0.25, 0.3) is 0 Å². The lowest BCUT2D eigenvalue weighted by atomic mass is 9.79. The highest BCUT2D eigenvalue weighted by molar-refractivity contribution is 7.17. The minimum Gasteiger partial charge on any atom is -0.316 e. The van der Waals surface area contributed by atoms with Crippen LogP contribution in [0.1, 0.15) is 31.2 Å². The van der Waals surface area contributed by atoms with Crippen LogP contribution in [0.2, 0.25) is 0 Å². The highest BCUT2D eigenvalue weighted by Gasteiger charge is 2.26. The molecule has 0 radical (unpaired) electrons. The Morgan fingerprint density at radius 2 is 2.29 bits per heavy atom. The fraction of sp³-hybridized carbons (Fsp3) is 0.467. The van der Waals surface area contributed by atoms with Crippen LogP contribution in [0.5, 0.6) is 0 Å². The fourth-order valence-electron chi connectivity index (χ4n) is 3.07. The summed E-state index contributed by atoms with van der Waals surface area (Å²) < 4.78 is 1.51. The van der Waals surface area contributed by atoms with E-state index in [2.05, 4.69) is 41.9 Å². The Hall–Kier alpha value is -0.860. The van der Waals surface area contributed by atoms with Crippen LogP contribution in [-0.2, 0) is 0 Å². The molecule has 0 saturated carbocycles. The maximum absolute atomic E-state index is 3.53. The Bertz CT molecular complexity index is 502. The van der Waals surface area contributed by atoms with Crippen molar-refractivity contribution in [1.82, 2.24) is 5.32 Å². The molecule has 3 rings (SSSR count). The molecule has 2 aromatic rings. The van der Waals surface area contributed by atoms with E-state index in [-0.39, 0.29) is 0 Å². The normalized spacial score (nSPS) is 25.2. The van der Waals surface area contributed by atoms with Crippen LogP contribution in [0.15, 0.2) is 29.6 Å². The zero-order valence-corrected chi connectivity index (χ0v) is 11.1.